The summed E-state index contributed by atoms with van der Waals surface area (Å²) < 4.78 is 1.82. The Kier molecular flexibility index (Phi) is 3.47. The van der Waals surface area contributed by atoms with Gasteiger partial charge in [-0.1, -0.05) is 6.92 Å². The van der Waals surface area contributed by atoms with E-state index in [9.17, 15) is 4.79 Å². The summed E-state index contributed by atoms with van der Waals surface area (Å²) in [6.45, 7) is 5.94. The number of aliphatic carboxylic acids is 1. The Bertz CT molecular complexity index is 360. The topological polar surface area (TPSA) is 81.1 Å². The van der Waals surface area contributed by atoms with Crippen LogP contribution < -0.4 is 5.73 Å². The molecule has 1 aromatic heterocycles. The van der Waals surface area contributed by atoms with E-state index < -0.39 is 12.0 Å². The third-order valence-corrected chi connectivity index (χ3v) is 2.69. The lowest BCUT2D eigenvalue weighted by molar-refractivity contribution is -0.138. The van der Waals surface area contributed by atoms with Crippen LogP contribution in [0.3, 0.4) is 0 Å². The number of hydrogen-bond donors (Lipinski definition) is 2. The van der Waals surface area contributed by atoms with Crippen LogP contribution in [-0.2, 0) is 4.79 Å². The lowest BCUT2D eigenvalue weighted by atomic mass is 10.1. The first-order valence-corrected chi connectivity index (χ1v) is 5.01. The highest BCUT2D eigenvalue weighted by Gasteiger charge is 2.20. The van der Waals surface area contributed by atoms with Crippen molar-refractivity contribution in [1.82, 2.24) is 9.78 Å². The van der Waals surface area contributed by atoms with E-state index in [0.717, 1.165) is 12.1 Å². The summed E-state index contributed by atoms with van der Waals surface area (Å²) in [5, 5.41) is 13.0. The highest BCUT2D eigenvalue weighted by molar-refractivity contribution is 5.75. The molecule has 1 rings (SSSR count). The van der Waals surface area contributed by atoms with Crippen LogP contribution >= 0.6 is 0 Å². The molecule has 0 spiro atoms. The predicted molar refractivity (Wildman–Crippen MR) is 56.5 cm³/mol. The number of hydrogen-bond acceptors (Lipinski definition) is 3. The van der Waals surface area contributed by atoms with Gasteiger partial charge >= 0.3 is 5.97 Å². The van der Waals surface area contributed by atoms with Gasteiger partial charge in [-0.3, -0.25) is 9.48 Å². The molecule has 1 aromatic rings. The minimum Gasteiger partial charge on any atom is -0.480 e. The standard InChI is InChI=1S/C10H17N3O2/c1-4-6(2)13-7(3)8(5-12-13)9(11)10(14)15/h5-6,9H,4,11H2,1-3H3,(H,14,15). The molecule has 3 N–H and O–H groups in total. The largest absolute Gasteiger partial charge is 0.480 e. The van der Waals surface area contributed by atoms with Gasteiger partial charge in [0.2, 0.25) is 0 Å². The van der Waals surface area contributed by atoms with Crippen molar-refractivity contribution in [3.63, 3.8) is 0 Å². The minimum atomic E-state index is -1.03. The summed E-state index contributed by atoms with van der Waals surface area (Å²) in [7, 11) is 0. The summed E-state index contributed by atoms with van der Waals surface area (Å²) >= 11 is 0. The molecule has 84 valence electrons. The average Bonchev–Trinajstić information content (AvgIpc) is 2.57. The van der Waals surface area contributed by atoms with Crippen LogP contribution in [-0.4, -0.2) is 20.9 Å². The lowest BCUT2D eigenvalue weighted by Crippen LogP contribution is -2.21. The quantitative estimate of drug-likeness (QED) is 0.785. The Morgan fingerprint density at radius 1 is 1.73 bits per heavy atom. The van der Waals surface area contributed by atoms with Crippen molar-refractivity contribution in [2.45, 2.75) is 39.3 Å². The molecular weight excluding hydrogens is 194 g/mol. The zero-order chi connectivity index (χ0) is 11.6. The van der Waals surface area contributed by atoms with Crippen molar-refractivity contribution < 1.29 is 9.90 Å². The van der Waals surface area contributed by atoms with Crippen LogP contribution in [0.4, 0.5) is 0 Å². The van der Waals surface area contributed by atoms with Crippen LogP contribution in [0.25, 0.3) is 0 Å². The molecule has 0 amide bonds. The number of carbonyl (C=O) groups is 1. The van der Waals surface area contributed by atoms with E-state index in [4.69, 9.17) is 10.8 Å². The van der Waals surface area contributed by atoms with Gasteiger partial charge in [0.1, 0.15) is 6.04 Å². The Balaban J connectivity index is 3.03. The molecule has 15 heavy (non-hydrogen) atoms. The molecule has 0 aromatic carbocycles. The molecule has 5 heteroatoms. The smallest absolute Gasteiger partial charge is 0.325 e. The van der Waals surface area contributed by atoms with E-state index in [0.29, 0.717) is 5.56 Å². The van der Waals surface area contributed by atoms with Crippen molar-refractivity contribution in [3.05, 3.63) is 17.5 Å². The molecule has 0 fully saturated rings. The number of aromatic nitrogens is 2. The van der Waals surface area contributed by atoms with E-state index in [1.807, 2.05) is 18.5 Å². The molecular formula is C10H17N3O2. The number of nitrogens with zero attached hydrogens (tertiary/aromatic N) is 2. The first kappa shape index (κ1) is 11.7. The maximum absolute atomic E-state index is 10.7. The number of carboxylic acids is 1. The minimum absolute atomic E-state index is 0.264. The van der Waals surface area contributed by atoms with Crippen molar-refractivity contribution in [2.75, 3.05) is 0 Å². The molecule has 0 aliphatic rings. The van der Waals surface area contributed by atoms with Gasteiger partial charge in [-0.25, -0.2) is 0 Å². The third-order valence-electron chi connectivity index (χ3n) is 2.69. The van der Waals surface area contributed by atoms with Gasteiger partial charge in [0.15, 0.2) is 0 Å². The number of nitrogens with two attached hydrogens (primary N) is 1. The van der Waals surface area contributed by atoms with Crippen molar-refractivity contribution in [1.29, 1.82) is 0 Å². The lowest BCUT2D eigenvalue weighted by Gasteiger charge is -2.13. The maximum atomic E-state index is 10.7. The first-order chi connectivity index (χ1) is 6.99. The monoisotopic (exact) mass is 211 g/mol. The maximum Gasteiger partial charge on any atom is 0.325 e. The third kappa shape index (κ3) is 2.18. The van der Waals surface area contributed by atoms with Crippen LogP contribution in [0, 0.1) is 6.92 Å². The fourth-order valence-electron chi connectivity index (χ4n) is 1.49. The van der Waals surface area contributed by atoms with Gasteiger partial charge in [0.25, 0.3) is 0 Å². The molecule has 0 aliphatic heterocycles. The van der Waals surface area contributed by atoms with Crippen LogP contribution in [0.1, 0.15) is 43.6 Å². The highest BCUT2D eigenvalue weighted by atomic mass is 16.4. The Morgan fingerprint density at radius 3 is 2.80 bits per heavy atom. The molecule has 0 bridgehead atoms. The zero-order valence-corrected chi connectivity index (χ0v) is 9.27. The zero-order valence-electron chi connectivity index (χ0n) is 9.27. The molecule has 2 atom stereocenters. The summed E-state index contributed by atoms with van der Waals surface area (Å²) in [5.74, 6) is -1.03. The van der Waals surface area contributed by atoms with Gasteiger partial charge < -0.3 is 10.8 Å². The van der Waals surface area contributed by atoms with E-state index >= 15 is 0 Å². The Labute approximate surface area is 88.9 Å². The Hall–Kier alpha value is -1.36. The molecule has 0 saturated heterocycles. The van der Waals surface area contributed by atoms with Gasteiger partial charge in [0.05, 0.1) is 6.20 Å². The Morgan fingerprint density at radius 2 is 2.33 bits per heavy atom. The van der Waals surface area contributed by atoms with Gasteiger partial charge in [-0.05, 0) is 20.3 Å². The van der Waals surface area contributed by atoms with Crippen LogP contribution in [0.15, 0.2) is 6.20 Å². The van der Waals surface area contributed by atoms with Gasteiger partial charge in [0, 0.05) is 17.3 Å². The van der Waals surface area contributed by atoms with Gasteiger partial charge in [-0.2, -0.15) is 5.10 Å². The highest BCUT2D eigenvalue weighted by Crippen LogP contribution is 2.19. The fraction of sp³-hybridized carbons (Fsp3) is 0.600. The summed E-state index contributed by atoms with van der Waals surface area (Å²) in [4.78, 5) is 10.7. The summed E-state index contributed by atoms with van der Waals surface area (Å²) in [6.07, 6.45) is 2.49. The molecule has 0 aliphatic carbocycles. The molecule has 0 saturated carbocycles. The predicted octanol–water partition coefficient (Wildman–Crippen LogP) is 1.25. The van der Waals surface area contributed by atoms with E-state index in [1.165, 1.54) is 0 Å². The normalized spacial score (nSPS) is 14.9. The van der Waals surface area contributed by atoms with E-state index in [1.54, 1.807) is 6.20 Å². The van der Waals surface area contributed by atoms with Crippen molar-refractivity contribution in [2.24, 2.45) is 5.73 Å². The second-order valence-corrected chi connectivity index (χ2v) is 3.70. The molecule has 2 unspecified atom stereocenters. The van der Waals surface area contributed by atoms with E-state index in [2.05, 4.69) is 12.0 Å². The van der Waals surface area contributed by atoms with E-state index in [-0.39, 0.29) is 6.04 Å². The molecule has 0 radical (unpaired) electrons. The molecule has 5 nitrogen and oxygen atoms in total. The summed E-state index contributed by atoms with van der Waals surface area (Å²) in [6, 6.07) is -0.720. The number of rotatable bonds is 4. The summed E-state index contributed by atoms with van der Waals surface area (Å²) in [5.41, 5.74) is 6.96. The second kappa shape index (κ2) is 4.44. The van der Waals surface area contributed by atoms with Gasteiger partial charge in [-0.15, -0.1) is 0 Å². The fourth-order valence-corrected chi connectivity index (χ4v) is 1.49. The SMILES string of the molecule is CCC(C)n1ncc(C(N)C(=O)O)c1C. The number of carboxylic acid groups (broad SMARTS) is 1. The van der Waals surface area contributed by atoms with Crippen molar-refractivity contribution in [3.8, 4) is 0 Å². The van der Waals surface area contributed by atoms with Crippen LogP contribution in [0.2, 0.25) is 0 Å². The van der Waals surface area contributed by atoms with Crippen LogP contribution in [0.5, 0.6) is 0 Å². The molecule has 1 heterocycles. The van der Waals surface area contributed by atoms with Crippen molar-refractivity contribution >= 4 is 5.97 Å². The average molecular weight is 211 g/mol. The second-order valence-electron chi connectivity index (χ2n) is 3.70. The first-order valence-electron chi connectivity index (χ1n) is 5.01.